The first-order chi connectivity index (χ1) is 14.1. The van der Waals surface area contributed by atoms with Gasteiger partial charge < -0.3 is 10.6 Å². The van der Waals surface area contributed by atoms with E-state index in [-0.39, 0.29) is 12.5 Å². The summed E-state index contributed by atoms with van der Waals surface area (Å²) in [6.45, 7) is -0.310. The second-order valence-corrected chi connectivity index (χ2v) is 8.41. The lowest BCUT2D eigenvalue weighted by Gasteiger charge is -2.31. The predicted molar refractivity (Wildman–Crippen MR) is 112 cm³/mol. The highest BCUT2D eigenvalue weighted by atomic mass is 32.1. The minimum atomic E-state index is -1.02. The van der Waals surface area contributed by atoms with Crippen LogP contribution in [0.3, 0.4) is 0 Å². The third-order valence-electron chi connectivity index (χ3n) is 5.70. The Labute approximate surface area is 171 Å². The Morgan fingerprint density at radius 2 is 1.97 bits per heavy atom. The summed E-state index contributed by atoms with van der Waals surface area (Å²) in [7, 11) is 0. The van der Waals surface area contributed by atoms with Gasteiger partial charge in [0, 0.05) is 21.5 Å². The molecule has 1 saturated heterocycles. The van der Waals surface area contributed by atoms with Crippen LogP contribution in [0.15, 0.2) is 53.9 Å². The minimum absolute atomic E-state index is 0.310. The lowest BCUT2D eigenvalue weighted by Crippen LogP contribution is -2.46. The third kappa shape index (κ3) is 2.81. The third-order valence-corrected chi connectivity index (χ3v) is 6.68. The second-order valence-electron chi connectivity index (χ2n) is 7.41. The van der Waals surface area contributed by atoms with Crippen molar-refractivity contribution < 1.29 is 14.4 Å². The lowest BCUT2D eigenvalue weighted by molar-refractivity contribution is -0.134. The number of anilines is 1. The van der Waals surface area contributed by atoms with E-state index in [0.717, 1.165) is 39.0 Å². The number of urea groups is 1. The van der Waals surface area contributed by atoms with Gasteiger partial charge in [-0.05, 0) is 42.2 Å². The SMILES string of the molecule is O=C(CN1C(=O)N[C@]2(CCCc3sccc32)C1=O)Nc1cccc2ccccc12. The molecule has 1 aliphatic heterocycles. The van der Waals surface area contributed by atoms with E-state index >= 15 is 0 Å². The fraction of sp³-hybridized carbons (Fsp3) is 0.227. The molecule has 7 heteroatoms. The zero-order valence-electron chi connectivity index (χ0n) is 15.6. The highest BCUT2D eigenvalue weighted by molar-refractivity contribution is 7.10. The van der Waals surface area contributed by atoms with Gasteiger partial charge in [0.25, 0.3) is 5.91 Å². The highest BCUT2D eigenvalue weighted by Crippen LogP contribution is 2.42. The number of thiophene rings is 1. The Morgan fingerprint density at radius 3 is 2.86 bits per heavy atom. The van der Waals surface area contributed by atoms with Crippen molar-refractivity contribution in [3.05, 3.63) is 64.4 Å². The zero-order chi connectivity index (χ0) is 20.0. The molecule has 2 N–H and O–H groups in total. The number of nitrogens with one attached hydrogen (secondary N) is 2. The maximum Gasteiger partial charge on any atom is 0.325 e. The molecular weight excluding hydrogens is 386 g/mol. The summed E-state index contributed by atoms with van der Waals surface area (Å²) < 4.78 is 0. The molecule has 1 aromatic heterocycles. The smallest absolute Gasteiger partial charge is 0.324 e. The molecule has 1 fully saturated rings. The highest BCUT2D eigenvalue weighted by Gasteiger charge is 2.54. The van der Waals surface area contributed by atoms with Crippen LogP contribution in [-0.4, -0.2) is 29.3 Å². The van der Waals surface area contributed by atoms with Crippen molar-refractivity contribution in [3.8, 4) is 0 Å². The summed E-state index contributed by atoms with van der Waals surface area (Å²) in [5.74, 6) is -0.738. The Hall–Kier alpha value is -3.19. The normalized spacial score (nSPS) is 20.8. The predicted octanol–water partition coefficient (Wildman–Crippen LogP) is 3.62. The van der Waals surface area contributed by atoms with E-state index in [2.05, 4.69) is 10.6 Å². The Bertz CT molecular complexity index is 1150. The van der Waals surface area contributed by atoms with E-state index in [1.165, 1.54) is 0 Å². The van der Waals surface area contributed by atoms with Gasteiger partial charge in [-0.3, -0.25) is 14.5 Å². The average Bonchev–Trinajstić information content (AvgIpc) is 3.29. The molecule has 0 radical (unpaired) electrons. The first-order valence-corrected chi connectivity index (χ1v) is 10.4. The lowest BCUT2D eigenvalue weighted by atomic mass is 9.80. The van der Waals surface area contributed by atoms with Crippen LogP contribution >= 0.6 is 11.3 Å². The van der Waals surface area contributed by atoms with Crippen LogP contribution in [0.5, 0.6) is 0 Å². The Morgan fingerprint density at radius 1 is 1.14 bits per heavy atom. The molecule has 5 rings (SSSR count). The summed E-state index contributed by atoms with van der Waals surface area (Å²) in [6.07, 6.45) is 2.30. The van der Waals surface area contributed by atoms with Gasteiger partial charge in [-0.15, -0.1) is 11.3 Å². The van der Waals surface area contributed by atoms with Crippen LogP contribution in [0.2, 0.25) is 0 Å². The quantitative estimate of drug-likeness (QED) is 0.653. The zero-order valence-corrected chi connectivity index (χ0v) is 16.4. The molecule has 3 aromatic rings. The van der Waals surface area contributed by atoms with Crippen LogP contribution in [0.4, 0.5) is 10.5 Å². The fourth-order valence-corrected chi connectivity index (χ4v) is 5.35. The molecule has 29 heavy (non-hydrogen) atoms. The first-order valence-electron chi connectivity index (χ1n) is 9.57. The molecule has 0 unspecified atom stereocenters. The van der Waals surface area contributed by atoms with Gasteiger partial charge in [-0.2, -0.15) is 0 Å². The van der Waals surface area contributed by atoms with Gasteiger partial charge in [0.05, 0.1) is 0 Å². The summed E-state index contributed by atoms with van der Waals surface area (Å²) in [5, 5.41) is 9.59. The van der Waals surface area contributed by atoms with Crippen molar-refractivity contribution in [1.82, 2.24) is 10.2 Å². The molecule has 146 valence electrons. The molecule has 2 heterocycles. The molecule has 6 nitrogen and oxygen atoms in total. The van der Waals surface area contributed by atoms with Gasteiger partial charge in [-0.25, -0.2) is 4.79 Å². The summed E-state index contributed by atoms with van der Waals surface area (Å²) in [6, 6.07) is 14.8. The number of imide groups is 1. The number of benzene rings is 2. The molecule has 2 aliphatic rings. The second kappa shape index (κ2) is 6.70. The van der Waals surface area contributed by atoms with Crippen LogP contribution in [0.1, 0.15) is 23.3 Å². The number of amides is 4. The number of carbonyl (C=O) groups excluding carboxylic acids is 3. The average molecular weight is 405 g/mol. The van der Waals surface area contributed by atoms with E-state index in [1.807, 2.05) is 53.9 Å². The van der Waals surface area contributed by atoms with Crippen LogP contribution < -0.4 is 10.6 Å². The maximum absolute atomic E-state index is 13.2. The maximum atomic E-state index is 13.2. The first kappa shape index (κ1) is 17.9. The standard InChI is InChI=1S/C22H19N3O3S/c26-19(23-17-8-3-6-14-5-1-2-7-15(14)17)13-25-20(27)22(24-21(25)28)11-4-9-18-16(22)10-12-29-18/h1-3,5-8,10,12H,4,9,11,13H2,(H,23,26)(H,24,28)/t22-/m0/s1. The number of nitrogens with zero attached hydrogens (tertiary/aromatic N) is 1. The van der Waals surface area contributed by atoms with E-state index in [9.17, 15) is 14.4 Å². The van der Waals surface area contributed by atoms with Crippen LogP contribution in [0, 0.1) is 0 Å². The van der Waals surface area contributed by atoms with Gasteiger partial charge in [0.2, 0.25) is 5.91 Å². The monoisotopic (exact) mass is 405 g/mol. The summed E-state index contributed by atoms with van der Waals surface area (Å²) in [5.41, 5.74) is 0.515. The van der Waals surface area contributed by atoms with Crippen molar-refractivity contribution >= 4 is 45.6 Å². The molecule has 2 aromatic carbocycles. The number of rotatable bonds is 3. The molecule has 1 aliphatic carbocycles. The van der Waals surface area contributed by atoms with E-state index in [1.54, 1.807) is 11.3 Å². The van der Waals surface area contributed by atoms with Crippen molar-refractivity contribution in [1.29, 1.82) is 0 Å². The largest absolute Gasteiger partial charge is 0.325 e. The van der Waals surface area contributed by atoms with E-state index < -0.39 is 17.5 Å². The number of hydrogen-bond acceptors (Lipinski definition) is 4. The molecule has 4 amide bonds. The Kier molecular flexibility index (Phi) is 4.13. The van der Waals surface area contributed by atoms with Crippen LogP contribution in [0.25, 0.3) is 10.8 Å². The van der Waals surface area contributed by atoms with Gasteiger partial charge in [0.15, 0.2) is 0 Å². The van der Waals surface area contributed by atoms with Crippen molar-refractivity contribution in [2.45, 2.75) is 24.8 Å². The minimum Gasteiger partial charge on any atom is -0.324 e. The summed E-state index contributed by atoms with van der Waals surface area (Å²) >= 11 is 1.61. The van der Waals surface area contributed by atoms with Crippen LogP contribution in [-0.2, 0) is 21.5 Å². The molecule has 0 saturated carbocycles. The van der Waals surface area contributed by atoms with Crippen molar-refractivity contribution in [2.24, 2.45) is 0 Å². The Balaban J connectivity index is 1.38. The topological polar surface area (TPSA) is 78.5 Å². The van der Waals surface area contributed by atoms with Gasteiger partial charge in [0.1, 0.15) is 12.1 Å². The van der Waals surface area contributed by atoms with E-state index in [4.69, 9.17) is 0 Å². The molecular formula is C22H19N3O3S. The molecule has 1 spiro atoms. The molecule has 0 bridgehead atoms. The van der Waals surface area contributed by atoms with Crippen molar-refractivity contribution in [2.75, 3.05) is 11.9 Å². The number of aryl methyl sites for hydroxylation is 1. The van der Waals surface area contributed by atoms with Gasteiger partial charge in [-0.1, -0.05) is 36.4 Å². The van der Waals surface area contributed by atoms with Crippen molar-refractivity contribution in [3.63, 3.8) is 0 Å². The number of carbonyl (C=O) groups is 3. The number of hydrogen-bond donors (Lipinski definition) is 2. The summed E-state index contributed by atoms with van der Waals surface area (Å²) in [4.78, 5) is 40.7. The number of fused-ring (bicyclic) bond motifs is 3. The fourth-order valence-electron chi connectivity index (χ4n) is 4.35. The molecule has 1 atom stereocenters. The van der Waals surface area contributed by atoms with Gasteiger partial charge >= 0.3 is 6.03 Å². The van der Waals surface area contributed by atoms with E-state index in [0.29, 0.717) is 12.1 Å².